The van der Waals surface area contributed by atoms with Gasteiger partial charge in [-0.15, -0.1) is 0 Å². The van der Waals surface area contributed by atoms with Gasteiger partial charge in [-0.2, -0.15) is 0 Å². The molecule has 0 aliphatic carbocycles. The van der Waals surface area contributed by atoms with Crippen molar-refractivity contribution in [2.45, 2.75) is 19.9 Å². The zero-order valence-electron chi connectivity index (χ0n) is 11.7. The molecule has 0 amide bonds. The molecule has 0 aliphatic rings. The lowest BCUT2D eigenvalue weighted by atomic mass is 9.96. The van der Waals surface area contributed by atoms with Crippen LogP contribution in [-0.4, -0.2) is 6.54 Å². The maximum absolute atomic E-state index is 14.2. The van der Waals surface area contributed by atoms with E-state index in [2.05, 4.69) is 5.32 Å². The quantitative estimate of drug-likeness (QED) is 0.804. The second-order valence-corrected chi connectivity index (χ2v) is 5.62. The number of nitrogens with one attached hydrogen (secondary N) is 1. The topological polar surface area (TPSA) is 12.0 Å². The van der Waals surface area contributed by atoms with Crippen LogP contribution in [0.4, 0.5) is 8.78 Å². The fraction of sp³-hybridized carbons (Fsp3) is 0.250. The van der Waals surface area contributed by atoms with E-state index in [1.165, 1.54) is 12.1 Å². The van der Waals surface area contributed by atoms with Crippen molar-refractivity contribution in [3.05, 3.63) is 68.7 Å². The fourth-order valence-corrected chi connectivity index (χ4v) is 2.65. The molecule has 0 radical (unpaired) electrons. The lowest BCUT2D eigenvalue weighted by Crippen LogP contribution is -2.23. The van der Waals surface area contributed by atoms with Gasteiger partial charge in [0, 0.05) is 15.6 Å². The highest BCUT2D eigenvalue weighted by atomic mass is 35.5. The van der Waals surface area contributed by atoms with E-state index in [9.17, 15) is 8.78 Å². The molecule has 0 aliphatic heterocycles. The Kier molecular flexibility index (Phi) is 5.20. The lowest BCUT2D eigenvalue weighted by molar-refractivity contribution is 0.557. The molecule has 0 saturated carbocycles. The number of benzene rings is 2. The van der Waals surface area contributed by atoms with Crippen molar-refractivity contribution >= 4 is 23.2 Å². The van der Waals surface area contributed by atoms with Crippen LogP contribution >= 0.6 is 23.2 Å². The summed E-state index contributed by atoms with van der Waals surface area (Å²) >= 11 is 11.9. The van der Waals surface area contributed by atoms with Crippen LogP contribution in [0.15, 0.2) is 30.3 Å². The van der Waals surface area contributed by atoms with Crippen molar-refractivity contribution < 1.29 is 8.78 Å². The summed E-state index contributed by atoms with van der Waals surface area (Å²) in [4.78, 5) is 0. The van der Waals surface area contributed by atoms with Gasteiger partial charge in [0.1, 0.15) is 11.6 Å². The first-order valence-electron chi connectivity index (χ1n) is 6.58. The average Bonchev–Trinajstić information content (AvgIpc) is 2.41. The summed E-state index contributed by atoms with van der Waals surface area (Å²) in [6, 6.07) is 6.92. The Morgan fingerprint density at radius 2 is 1.76 bits per heavy atom. The Morgan fingerprint density at radius 1 is 1.05 bits per heavy atom. The SMILES string of the molecule is CCNC(c1ccc(Cl)cc1F)c1cc(C)c(F)cc1Cl. The fourth-order valence-electron chi connectivity index (χ4n) is 2.23. The Hall–Kier alpha value is -1.16. The van der Waals surface area contributed by atoms with E-state index < -0.39 is 11.9 Å². The van der Waals surface area contributed by atoms with E-state index in [0.717, 1.165) is 0 Å². The zero-order chi connectivity index (χ0) is 15.6. The molecule has 2 aromatic carbocycles. The molecule has 0 spiro atoms. The molecule has 1 N–H and O–H groups in total. The molecular formula is C16H15Cl2F2N. The van der Waals surface area contributed by atoms with Gasteiger partial charge in [-0.3, -0.25) is 0 Å². The molecule has 0 bridgehead atoms. The third-order valence-electron chi connectivity index (χ3n) is 3.27. The minimum Gasteiger partial charge on any atom is -0.306 e. The lowest BCUT2D eigenvalue weighted by Gasteiger charge is -2.21. The summed E-state index contributed by atoms with van der Waals surface area (Å²) in [5, 5.41) is 3.76. The molecule has 0 fully saturated rings. The molecule has 1 atom stereocenters. The monoisotopic (exact) mass is 329 g/mol. The highest BCUT2D eigenvalue weighted by molar-refractivity contribution is 6.31. The van der Waals surface area contributed by atoms with Crippen LogP contribution in [0.2, 0.25) is 10.0 Å². The van der Waals surface area contributed by atoms with Crippen molar-refractivity contribution in [3.63, 3.8) is 0 Å². The van der Waals surface area contributed by atoms with Crippen molar-refractivity contribution in [3.8, 4) is 0 Å². The summed E-state index contributed by atoms with van der Waals surface area (Å²) < 4.78 is 27.7. The second kappa shape index (κ2) is 6.73. The maximum atomic E-state index is 14.2. The summed E-state index contributed by atoms with van der Waals surface area (Å²) in [6.45, 7) is 4.17. The molecule has 2 rings (SSSR count). The van der Waals surface area contributed by atoms with Crippen molar-refractivity contribution in [1.29, 1.82) is 0 Å². The van der Waals surface area contributed by atoms with Gasteiger partial charge in [-0.1, -0.05) is 36.2 Å². The predicted octanol–water partition coefficient (Wildman–Crippen LogP) is 5.28. The van der Waals surface area contributed by atoms with Gasteiger partial charge in [-0.25, -0.2) is 8.78 Å². The third kappa shape index (κ3) is 3.54. The van der Waals surface area contributed by atoms with Crippen LogP contribution < -0.4 is 5.32 Å². The molecule has 21 heavy (non-hydrogen) atoms. The first-order valence-corrected chi connectivity index (χ1v) is 7.33. The van der Waals surface area contributed by atoms with Crippen molar-refractivity contribution in [2.75, 3.05) is 6.54 Å². The zero-order valence-corrected chi connectivity index (χ0v) is 13.2. The standard InChI is InChI=1S/C16H15Cl2F2N/c1-3-21-16(11-5-4-10(17)7-15(11)20)12-6-9(2)14(19)8-13(12)18/h4-8,16,21H,3H2,1-2H3. The molecule has 1 nitrogen and oxygen atoms in total. The minimum atomic E-state index is -0.459. The number of hydrogen-bond donors (Lipinski definition) is 1. The van der Waals surface area contributed by atoms with Gasteiger partial charge >= 0.3 is 0 Å². The molecule has 0 aromatic heterocycles. The van der Waals surface area contributed by atoms with Gasteiger partial charge in [0.25, 0.3) is 0 Å². The molecule has 2 aromatic rings. The van der Waals surface area contributed by atoms with Crippen LogP contribution in [0.25, 0.3) is 0 Å². The van der Waals surface area contributed by atoms with E-state index >= 15 is 0 Å². The van der Waals surface area contributed by atoms with Gasteiger partial charge in [0.2, 0.25) is 0 Å². The van der Waals surface area contributed by atoms with Gasteiger partial charge in [-0.05, 0) is 48.9 Å². The number of rotatable bonds is 4. The van der Waals surface area contributed by atoms with Crippen LogP contribution in [0.3, 0.4) is 0 Å². The number of aryl methyl sites for hydroxylation is 1. The average molecular weight is 330 g/mol. The molecule has 0 heterocycles. The molecule has 112 valence electrons. The number of hydrogen-bond acceptors (Lipinski definition) is 1. The molecule has 5 heteroatoms. The van der Waals surface area contributed by atoms with E-state index in [0.29, 0.717) is 28.3 Å². The van der Waals surface area contributed by atoms with Crippen LogP contribution in [0, 0.1) is 18.6 Å². The van der Waals surface area contributed by atoms with Crippen molar-refractivity contribution in [2.24, 2.45) is 0 Å². The van der Waals surface area contributed by atoms with E-state index in [4.69, 9.17) is 23.2 Å². The summed E-state index contributed by atoms with van der Waals surface area (Å²) in [5.41, 5.74) is 1.53. The normalized spacial score (nSPS) is 12.5. The van der Waals surface area contributed by atoms with Crippen molar-refractivity contribution in [1.82, 2.24) is 5.32 Å². The van der Waals surface area contributed by atoms with Gasteiger partial charge in [0.05, 0.1) is 6.04 Å². The largest absolute Gasteiger partial charge is 0.306 e. The van der Waals surface area contributed by atoms with E-state index in [-0.39, 0.29) is 10.8 Å². The predicted molar refractivity (Wildman–Crippen MR) is 83.1 cm³/mol. The van der Waals surface area contributed by atoms with Crippen LogP contribution in [0.1, 0.15) is 29.7 Å². The van der Waals surface area contributed by atoms with Crippen LogP contribution in [-0.2, 0) is 0 Å². The third-order valence-corrected chi connectivity index (χ3v) is 3.83. The molecule has 0 saturated heterocycles. The first kappa shape index (κ1) is 16.2. The first-order chi connectivity index (χ1) is 9.93. The highest BCUT2D eigenvalue weighted by Gasteiger charge is 2.21. The van der Waals surface area contributed by atoms with Gasteiger partial charge < -0.3 is 5.32 Å². The van der Waals surface area contributed by atoms with E-state index in [1.54, 1.807) is 25.1 Å². The molecule has 1 unspecified atom stereocenters. The summed E-state index contributed by atoms with van der Waals surface area (Å²) in [6.07, 6.45) is 0. The highest BCUT2D eigenvalue weighted by Crippen LogP contribution is 2.32. The Bertz CT molecular complexity index is 659. The number of halogens is 4. The smallest absolute Gasteiger partial charge is 0.129 e. The minimum absolute atomic E-state index is 0.262. The Balaban J connectivity index is 2.55. The summed E-state index contributed by atoms with van der Waals surface area (Å²) in [5.74, 6) is -0.804. The Morgan fingerprint density at radius 3 is 2.38 bits per heavy atom. The van der Waals surface area contributed by atoms with E-state index in [1.807, 2.05) is 6.92 Å². The Labute approximate surface area is 132 Å². The second-order valence-electron chi connectivity index (χ2n) is 4.78. The van der Waals surface area contributed by atoms with Gasteiger partial charge in [0.15, 0.2) is 0 Å². The molecular weight excluding hydrogens is 315 g/mol. The summed E-state index contributed by atoms with van der Waals surface area (Å²) in [7, 11) is 0. The maximum Gasteiger partial charge on any atom is 0.129 e. The van der Waals surface area contributed by atoms with Crippen LogP contribution in [0.5, 0.6) is 0 Å².